The Morgan fingerprint density at radius 3 is 2.54 bits per heavy atom. The summed E-state index contributed by atoms with van der Waals surface area (Å²) in [6, 6.07) is 6.13. The molecule has 0 radical (unpaired) electrons. The Morgan fingerprint density at radius 1 is 1.15 bits per heavy atom. The Balaban J connectivity index is 1.72. The number of rotatable bonds is 8. The number of hydrogen-bond acceptors (Lipinski definition) is 4. The highest BCUT2D eigenvalue weighted by molar-refractivity contribution is 5.81. The van der Waals surface area contributed by atoms with E-state index in [0.717, 1.165) is 18.4 Å². The van der Waals surface area contributed by atoms with Crippen LogP contribution in [0.25, 0.3) is 0 Å². The van der Waals surface area contributed by atoms with Gasteiger partial charge in [0.2, 0.25) is 5.91 Å². The van der Waals surface area contributed by atoms with E-state index < -0.39 is 0 Å². The predicted molar refractivity (Wildman–Crippen MR) is 103 cm³/mol. The Morgan fingerprint density at radius 2 is 1.88 bits per heavy atom. The number of hydrogen-bond donors (Lipinski definition) is 3. The molecule has 0 saturated heterocycles. The Labute approximate surface area is 155 Å². The van der Waals surface area contributed by atoms with Crippen molar-refractivity contribution in [1.82, 2.24) is 16.0 Å². The molecule has 26 heavy (non-hydrogen) atoms. The summed E-state index contributed by atoms with van der Waals surface area (Å²) in [5.74, 6) is 2.15. The third kappa shape index (κ3) is 6.13. The highest BCUT2D eigenvalue weighted by Crippen LogP contribution is 2.27. The summed E-state index contributed by atoms with van der Waals surface area (Å²) in [6.07, 6.45) is 5.08. The molecule has 2 rings (SSSR count). The summed E-state index contributed by atoms with van der Waals surface area (Å²) in [5, 5.41) is 9.49. The van der Waals surface area contributed by atoms with Gasteiger partial charge in [-0.15, -0.1) is 0 Å². The maximum atomic E-state index is 11.9. The summed E-state index contributed by atoms with van der Waals surface area (Å²) >= 11 is 0. The lowest BCUT2D eigenvalue weighted by atomic mass is 10.2. The van der Waals surface area contributed by atoms with Crippen molar-refractivity contribution in [3.63, 3.8) is 0 Å². The van der Waals surface area contributed by atoms with Gasteiger partial charge in [-0.1, -0.05) is 18.9 Å². The fourth-order valence-corrected chi connectivity index (χ4v) is 3.06. The molecule has 144 valence electrons. The zero-order valence-electron chi connectivity index (χ0n) is 15.9. The molecule has 0 unspecified atom stereocenters. The molecule has 1 aromatic carbocycles. The molecule has 1 aliphatic carbocycles. The number of ether oxygens (including phenoxy) is 2. The van der Waals surface area contributed by atoms with Crippen molar-refractivity contribution >= 4 is 11.9 Å². The maximum absolute atomic E-state index is 11.9. The first-order valence-electron chi connectivity index (χ1n) is 9.11. The van der Waals surface area contributed by atoms with E-state index in [4.69, 9.17) is 9.47 Å². The van der Waals surface area contributed by atoms with Gasteiger partial charge in [0.25, 0.3) is 0 Å². The number of benzene rings is 1. The summed E-state index contributed by atoms with van der Waals surface area (Å²) in [4.78, 5) is 16.1. The standard InChI is InChI=1S/C19H30N4O3/c1-20-19(21-11-10-18(24)23-15-6-4-5-7-15)22-13-14-8-9-16(25-2)17(12-14)26-3/h8-9,12,15H,4-7,10-11,13H2,1-3H3,(H,23,24)(H2,20,21,22). The molecular formula is C19H30N4O3. The van der Waals surface area contributed by atoms with Crippen molar-refractivity contribution in [2.45, 2.75) is 44.7 Å². The van der Waals surface area contributed by atoms with Crippen LogP contribution < -0.4 is 25.4 Å². The maximum Gasteiger partial charge on any atom is 0.221 e. The van der Waals surface area contributed by atoms with Crippen molar-refractivity contribution in [3.05, 3.63) is 23.8 Å². The minimum absolute atomic E-state index is 0.0970. The normalized spacial score (nSPS) is 14.8. The molecular weight excluding hydrogens is 332 g/mol. The molecule has 0 spiro atoms. The number of carbonyl (C=O) groups is 1. The summed E-state index contributed by atoms with van der Waals surface area (Å²) in [7, 11) is 4.94. The van der Waals surface area contributed by atoms with E-state index in [1.807, 2.05) is 18.2 Å². The van der Waals surface area contributed by atoms with E-state index in [9.17, 15) is 4.79 Å². The van der Waals surface area contributed by atoms with E-state index in [-0.39, 0.29) is 5.91 Å². The molecule has 3 N–H and O–H groups in total. The molecule has 0 aromatic heterocycles. The van der Waals surface area contributed by atoms with Crippen LogP contribution in [0.2, 0.25) is 0 Å². The van der Waals surface area contributed by atoms with Crippen LogP contribution in [0.15, 0.2) is 23.2 Å². The molecule has 0 atom stereocenters. The number of guanidine groups is 1. The zero-order valence-corrected chi connectivity index (χ0v) is 15.9. The largest absolute Gasteiger partial charge is 0.493 e. The number of nitrogens with zero attached hydrogens (tertiary/aromatic N) is 1. The SMILES string of the molecule is CN=C(NCCC(=O)NC1CCCC1)NCc1ccc(OC)c(OC)c1. The van der Waals surface area contributed by atoms with E-state index in [0.29, 0.717) is 43.0 Å². The molecule has 0 bridgehead atoms. The molecule has 1 saturated carbocycles. The highest BCUT2D eigenvalue weighted by Gasteiger charge is 2.16. The Bertz CT molecular complexity index is 613. The number of amides is 1. The van der Waals surface area contributed by atoms with Gasteiger partial charge in [0.1, 0.15) is 0 Å². The average molecular weight is 362 g/mol. The van der Waals surface area contributed by atoms with Crippen LogP contribution in [0.5, 0.6) is 11.5 Å². The first kappa shape index (κ1) is 19.9. The second-order valence-corrected chi connectivity index (χ2v) is 6.34. The lowest BCUT2D eigenvalue weighted by Gasteiger charge is -2.14. The molecule has 1 fully saturated rings. The number of carbonyl (C=O) groups excluding carboxylic acids is 1. The minimum atomic E-state index is 0.0970. The second-order valence-electron chi connectivity index (χ2n) is 6.34. The highest BCUT2D eigenvalue weighted by atomic mass is 16.5. The van der Waals surface area contributed by atoms with Gasteiger partial charge in [0, 0.05) is 32.6 Å². The molecule has 0 aliphatic heterocycles. The number of nitrogens with one attached hydrogen (secondary N) is 3. The quantitative estimate of drug-likeness (QED) is 0.485. The van der Waals surface area contributed by atoms with Gasteiger partial charge in [-0.25, -0.2) is 0 Å². The fraction of sp³-hybridized carbons (Fsp3) is 0.579. The van der Waals surface area contributed by atoms with Crippen LogP contribution in [-0.4, -0.2) is 45.7 Å². The van der Waals surface area contributed by atoms with E-state index in [1.165, 1.54) is 12.8 Å². The molecule has 1 aromatic rings. The van der Waals surface area contributed by atoms with Crippen LogP contribution in [0.3, 0.4) is 0 Å². The molecule has 7 nitrogen and oxygen atoms in total. The monoisotopic (exact) mass is 362 g/mol. The molecule has 1 amide bonds. The van der Waals surface area contributed by atoms with Gasteiger partial charge in [0.15, 0.2) is 17.5 Å². The van der Waals surface area contributed by atoms with Gasteiger partial charge in [-0.3, -0.25) is 9.79 Å². The van der Waals surface area contributed by atoms with E-state index in [2.05, 4.69) is 20.9 Å². The topological polar surface area (TPSA) is 84.0 Å². The third-order valence-corrected chi connectivity index (χ3v) is 4.50. The lowest BCUT2D eigenvalue weighted by molar-refractivity contribution is -0.121. The van der Waals surface area contributed by atoms with Crippen LogP contribution in [0.1, 0.15) is 37.7 Å². The first-order valence-corrected chi connectivity index (χ1v) is 9.11. The zero-order chi connectivity index (χ0) is 18.8. The van der Waals surface area contributed by atoms with Gasteiger partial charge in [-0.2, -0.15) is 0 Å². The van der Waals surface area contributed by atoms with Crippen molar-refractivity contribution < 1.29 is 14.3 Å². The summed E-state index contributed by atoms with van der Waals surface area (Å²) in [6.45, 7) is 1.14. The second kappa shape index (κ2) is 10.5. The number of aliphatic imine (C=N–C) groups is 1. The van der Waals surface area contributed by atoms with Crippen molar-refractivity contribution in [3.8, 4) is 11.5 Å². The molecule has 1 aliphatic rings. The van der Waals surface area contributed by atoms with Crippen LogP contribution in [-0.2, 0) is 11.3 Å². The minimum Gasteiger partial charge on any atom is -0.493 e. The Hall–Kier alpha value is -2.44. The van der Waals surface area contributed by atoms with Gasteiger partial charge < -0.3 is 25.4 Å². The number of methoxy groups -OCH3 is 2. The Kier molecular flexibility index (Phi) is 8.05. The van der Waals surface area contributed by atoms with Gasteiger partial charge in [-0.05, 0) is 30.5 Å². The molecule has 0 heterocycles. The summed E-state index contributed by atoms with van der Waals surface area (Å²) < 4.78 is 10.6. The first-order chi connectivity index (χ1) is 12.7. The van der Waals surface area contributed by atoms with Crippen LogP contribution in [0, 0.1) is 0 Å². The van der Waals surface area contributed by atoms with E-state index in [1.54, 1.807) is 21.3 Å². The smallest absolute Gasteiger partial charge is 0.221 e. The summed E-state index contributed by atoms with van der Waals surface area (Å²) in [5.41, 5.74) is 1.05. The molecule has 7 heteroatoms. The van der Waals surface area contributed by atoms with Crippen molar-refractivity contribution in [2.24, 2.45) is 4.99 Å². The van der Waals surface area contributed by atoms with Crippen molar-refractivity contribution in [2.75, 3.05) is 27.8 Å². The van der Waals surface area contributed by atoms with E-state index >= 15 is 0 Å². The predicted octanol–water partition coefficient (Wildman–Crippen LogP) is 1.82. The lowest BCUT2D eigenvalue weighted by Crippen LogP contribution is -2.40. The fourth-order valence-electron chi connectivity index (χ4n) is 3.06. The van der Waals surface area contributed by atoms with Gasteiger partial charge in [0.05, 0.1) is 14.2 Å². The van der Waals surface area contributed by atoms with Crippen LogP contribution in [0.4, 0.5) is 0 Å². The van der Waals surface area contributed by atoms with Gasteiger partial charge >= 0.3 is 0 Å². The van der Waals surface area contributed by atoms with Crippen molar-refractivity contribution in [1.29, 1.82) is 0 Å². The third-order valence-electron chi connectivity index (χ3n) is 4.50. The van der Waals surface area contributed by atoms with Crippen LogP contribution >= 0.6 is 0 Å². The average Bonchev–Trinajstić information content (AvgIpc) is 3.17.